The van der Waals surface area contributed by atoms with Gasteiger partial charge in [0.1, 0.15) is 11.2 Å². The molecule has 0 fully saturated rings. The molecule has 9 aromatic carbocycles. The monoisotopic (exact) mass is 728 g/mol. The average molecular weight is 729 g/mol. The third kappa shape index (κ3) is 5.60. The van der Waals surface area contributed by atoms with Crippen LogP contribution < -0.4 is 4.90 Å². The standard InChI is InChI=1S/C54H36N2O/c1-4-15-37(16-5-1)38-27-30-42(31-28-38)55(43-32-33-46-45-21-10-12-24-49(45)56(51(46)36-43)41-19-8-3-9-20-41)50-25-14-23-44(39-17-6-2-7-18-39)54(50)40-29-34-53-48(35-40)47-22-11-13-26-52(47)57-53/h1-36H. The van der Waals surface area contributed by atoms with Crippen LogP contribution in [0.4, 0.5) is 17.1 Å². The van der Waals surface area contributed by atoms with Crippen molar-refractivity contribution in [2.24, 2.45) is 0 Å². The van der Waals surface area contributed by atoms with E-state index < -0.39 is 0 Å². The number of benzene rings is 9. The largest absolute Gasteiger partial charge is 0.456 e. The van der Waals surface area contributed by atoms with Gasteiger partial charge in [-0.15, -0.1) is 0 Å². The Labute approximate surface area is 330 Å². The van der Waals surface area contributed by atoms with Crippen molar-refractivity contribution in [3.8, 4) is 39.1 Å². The van der Waals surface area contributed by atoms with Gasteiger partial charge in [-0.1, -0.05) is 152 Å². The normalized spacial score (nSPS) is 11.5. The first-order valence-corrected chi connectivity index (χ1v) is 19.4. The Kier molecular flexibility index (Phi) is 7.82. The summed E-state index contributed by atoms with van der Waals surface area (Å²) >= 11 is 0. The van der Waals surface area contributed by atoms with Crippen molar-refractivity contribution in [2.45, 2.75) is 0 Å². The van der Waals surface area contributed by atoms with Crippen LogP contribution in [-0.2, 0) is 0 Å². The quantitative estimate of drug-likeness (QED) is 0.163. The summed E-state index contributed by atoms with van der Waals surface area (Å²) in [6.07, 6.45) is 0. The smallest absolute Gasteiger partial charge is 0.135 e. The van der Waals surface area contributed by atoms with E-state index in [9.17, 15) is 0 Å². The lowest BCUT2D eigenvalue weighted by molar-refractivity contribution is 0.669. The molecular weight excluding hydrogens is 693 g/mol. The number of rotatable bonds is 7. The minimum Gasteiger partial charge on any atom is -0.456 e. The van der Waals surface area contributed by atoms with E-state index in [-0.39, 0.29) is 0 Å². The van der Waals surface area contributed by atoms with Gasteiger partial charge in [0.2, 0.25) is 0 Å². The minimum absolute atomic E-state index is 0.881. The van der Waals surface area contributed by atoms with E-state index in [2.05, 4.69) is 216 Å². The number of para-hydroxylation sites is 3. The Bertz CT molecular complexity index is 3220. The molecule has 0 amide bonds. The molecule has 0 N–H and O–H groups in total. The lowest BCUT2D eigenvalue weighted by Crippen LogP contribution is -2.12. The minimum atomic E-state index is 0.881. The zero-order chi connectivity index (χ0) is 37.7. The van der Waals surface area contributed by atoms with Crippen molar-refractivity contribution < 1.29 is 4.42 Å². The molecule has 268 valence electrons. The van der Waals surface area contributed by atoms with Crippen LogP contribution in [0.5, 0.6) is 0 Å². The predicted molar refractivity (Wildman–Crippen MR) is 239 cm³/mol. The van der Waals surface area contributed by atoms with Crippen molar-refractivity contribution in [3.05, 3.63) is 218 Å². The molecule has 57 heavy (non-hydrogen) atoms. The third-order valence-corrected chi connectivity index (χ3v) is 11.2. The first-order valence-electron chi connectivity index (χ1n) is 19.4. The fraction of sp³-hybridized carbons (Fsp3) is 0. The van der Waals surface area contributed by atoms with Crippen LogP contribution in [0, 0.1) is 0 Å². The molecule has 11 rings (SSSR count). The fourth-order valence-corrected chi connectivity index (χ4v) is 8.58. The second-order valence-corrected chi connectivity index (χ2v) is 14.5. The second-order valence-electron chi connectivity index (χ2n) is 14.5. The van der Waals surface area contributed by atoms with Gasteiger partial charge in [0.05, 0.1) is 16.7 Å². The molecule has 0 aliphatic heterocycles. The molecular formula is C54H36N2O. The molecule has 0 bridgehead atoms. The van der Waals surface area contributed by atoms with Gasteiger partial charge >= 0.3 is 0 Å². The van der Waals surface area contributed by atoms with Crippen LogP contribution in [0.2, 0.25) is 0 Å². The lowest BCUT2D eigenvalue weighted by atomic mass is 9.91. The van der Waals surface area contributed by atoms with Gasteiger partial charge in [-0.3, -0.25) is 0 Å². The predicted octanol–water partition coefficient (Wildman–Crippen LogP) is 15.2. The Morgan fingerprint density at radius 2 is 0.947 bits per heavy atom. The summed E-state index contributed by atoms with van der Waals surface area (Å²) < 4.78 is 8.72. The van der Waals surface area contributed by atoms with Crippen LogP contribution >= 0.6 is 0 Å². The van der Waals surface area contributed by atoms with Crippen molar-refractivity contribution >= 4 is 60.8 Å². The van der Waals surface area contributed by atoms with E-state index in [0.717, 1.165) is 72.5 Å². The molecule has 0 spiro atoms. The topological polar surface area (TPSA) is 21.3 Å². The van der Waals surface area contributed by atoms with Gasteiger partial charge in [-0.2, -0.15) is 0 Å². The zero-order valence-corrected chi connectivity index (χ0v) is 31.1. The van der Waals surface area contributed by atoms with Crippen LogP contribution in [0.1, 0.15) is 0 Å². The van der Waals surface area contributed by atoms with Crippen LogP contribution in [0.3, 0.4) is 0 Å². The third-order valence-electron chi connectivity index (χ3n) is 11.2. The van der Waals surface area contributed by atoms with Crippen LogP contribution in [0.15, 0.2) is 223 Å². The maximum atomic E-state index is 6.32. The molecule has 0 saturated heterocycles. The molecule has 0 atom stereocenters. The zero-order valence-electron chi connectivity index (χ0n) is 31.1. The average Bonchev–Trinajstić information content (AvgIpc) is 3.83. The number of hydrogen-bond acceptors (Lipinski definition) is 2. The second kappa shape index (κ2) is 13.6. The first-order chi connectivity index (χ1) is 28.3. The van der Waals surface area contributed by atoms with Gasteiger partial charge in [0, 0.05) is 44.2 Å². The number of hydrogen-bond donors (Lipinski definition) is 0. The molecule has 0 saturated carbocycles. The molecule has 2 heterocycles. The van der Waals surface area contributed by atoms with E-state index >= 15 is 0 Å². The summed E-state index contributed by atoms with van der Waals surface area (Å²) in [6.45, 7) is 0. The van der Waals surface area contributed by atoms with E-state index in [4.69, 9.17) is 4.42 Å². The lowest BCUT2D eigenvalue weighted by Gasteiger charge is -2.29. The molecule has 3 heteroatoms. The van der Waals surface area contributed by atoms with Gasteiger partial charge in [0.15, 0.2) is 0 Å². The molecule has 3 nitrogen and oxygen atoms in total. The van der Waals surface area contributed by atoms with Crippen molar-refractivity contribution in [1.82, 2.24) is 4.57 Å². The van der Waals surface area contributed by atoms with E-state index in [0.29, 0.717) is 0 Å². The Hall–Kier alpha value is -7.62. The van der Waals surface area contributed by atoms with Gasteiger partial charge in [-0.25, -0.2) is 0 Å². The molecule has 0 aliphatic rings. The summed E-state index contributed by atoms with van der Waals surface area (Å²) in [5, 5.41) is 4.66. The number of anilines is 3. The van der Waals surface area contributed by atoms with Gasteiger partial charge in [0.25, 0.3) is 0 Å². The Balaban J connectivity index is 1.20. The molecule has 0 unspecified atom stereocenters. The number of furan rings is 1. The highest BCUT2D eigenvalue weighted by molar-refractivity contribution is 6.11. The number of aromatic nitrogens is 1. The SMILES string of the molecule is c1ccc(-c2ccc(N(c3ccc4c5ccccc5n(-c5ccccc5)c4c3)c3cccc(-c4ccccc4)c3-c3ccc4oc5ccccc5c4c3)cc2)cc1. The molecule has 0 radical (unpaired) electrons. The first kappa shape index (κ1) is 32.8. The Morgan fingerprint density at radius 1 is 0.351 bits per heavy atom. The van der Waals surface area contributed by atoms with Crippen molar-refractivity contribution in [3.63, 3.8) is 0 Å². The van der Waals surface area contributed by atoms with E-state index in [1.165, 1.54) is 27.4 Å². The van der Waals surface area contributed by atoms with Crippen LogP contribution in [0.25, 0.3) is 82.8 Å². The summed E-state index contributed by atoms with van der Waals surface area (Å²) in [4.78, 5) is 2.43. The van der Waals surface area contributed by atoms with Crippen molar-refractivity contribution in [2.75, 3.05) is 4.90 Å². The summed E-state index contributed by atoms with van der Waals surface area (Å²) in [6, 6.07) is 78.3. The Morgan fingerprint density at radius 3 is 1.74 bits per heavy atom. The van der Waals surface area contributed by atoms with Crippen molar-refractivity contribution in [1.29, 1.82) is 0 Å². The maximum Gasteiger partial charge on any atom is 0.135 e. The maximum absolute atomic E-state index is 6.32. The fourth-order valence-electron chi connectivity index (χ4n) is 8.58. The van der Waals surface area contributed by atoms with Crippen LogP contribution in [-0.4, -0.2) is 4.57 Å². The van der Waals surface area contributed by atoms with Gasteiger partial charge in [-0.05, 0) is 94.5 Å². The highest BCUT2D eigenvalue weighted by Gasteiger charge is 2.23. The van der Waals surface area contributed by atoms with Gasteiger partial charge < -0.3 is 13.9 Å². The highest BCUT2D eigenvalue weighted by atomic mass is 16.3. The summed E-state index contributed by atoms with van der Waals surface area (Å²) in [5.41, 5.74) is 15.4. The summed E-state index contributed by atoms with van der Waals surface area (Å²) in [5.74, 6) is 0. The molecule has 0 aliphatic carbocycles. The van der Waals surface area contributed by atoms with E-state index in [1.807, 2.05) is 12.1 Å². The molecule has 11 aromatic rings. The summed E-state index contributed by atoms with van der Waals surface area (Å²) in [7, 11) is 0. The molecule has 2 aromatic heterocycles. The number of fused-ring (bicyclic) bond motifs is 6. The highest BCUT2D eigenvalue weighted by Crippen LogP contribution is 2.48. The van der Waals surface area contributed by atoms with E-state index in [1.54, 1.807) is 0 Å². The number of nitrogens with zero attached hydrogens (tertiary/aromatic N) is 2.